The van der Waals surface area contributed by atoms with Gasteiger partial charge in [0.15, 0.2) is 5.69 Å². The van der Waals surface area contributed by atoms with E-state index in [-0.39, 0.29) is 18.6 Å². The Morgan fingerprint density at radius 3 is 2.72 bits per heavy atom. The monoisotopic (exact) mass is 393 g/mol. The molecule has 1 aliphatic heterocycles. The number of carbonyl (C=O) groups is 1. The van der Waals surface area contributed by atoms with Gasteiger partial charge in [-0.15, -0.1) is 0 Å². The highest BCUT2D eigenvalue weighted by molar-refractivity contribution is 6.04. The lowest BCUT2D eigenvalue weighted by molar-refractivity contribution is 0.0920. The molecular weight excluding hydrogens is 366 g/mol. The summed E-state index contributed by atoms with van der Waals surface area (Å²) in [5.74, 6) is -0.154. The van der Waals surface area contributed by atoms with Crippen molar-refractivity contribution in [2.75, 3.05) is 33.2 Å². The standard InChI is InChI=1S/C22H27N5O2/c1-26-10-11-27(12-16-6-2-3-7-17(16)15-28)14-18(13-26)23-22(29)21-19-8-4-5-9-20(19)24-25-21/h2-9,18,28H,10-15H2,1H3,(H,23,29)(H,24,25). The molecule has 2 heterocycles. The van der Waals surface area contributed by atoms with E-state index in [9.17, 15) is 9.90 Å². The molecule has 1 unspecified atom stereocenters. The zero-order valence-electron chi connectivity index (χ0n) is 16.6. The Hall–Kier alpha value is -2.74. The van der Waals surface area contributed by atoms with Gasteiger partial charge in [0.05, 0.1) is 18.2 Å². The predicted molar refractivity (Wildman–Crippen MR) is 112 cm³/mol. The van der Waals surface area contributed by atoms with Crippen LogP contribution in [-0.2, 0) is 13.2 Å². The maximum Gasteiger partial charge on any atom is 0.272 e. The summed E-state index contributed by atoms with van der Waals surface area (Å²) in [6, 6.07) is 15.6. The minimum absolute atomic E-state index is 0.00764. The third kappa shape index (κ3) is 4.48. The number of rotatable bonds is 5. The second kappa shape index (κ2) is 8.73. The lowest BCUT2D eigenvalue weighted by Crippen LogP contribution is -2.46. The van der Waals surface area contributed by atoms with E-state index in [1.807, 2.05) is 42.5 Å². The Labute approximate surface area is 170 Å². The summed E-state index contributed by atoms with van der Waals surface area (Å²) in [4.78, 5) is 17.5. The summed E-state index contributed by atoms with van der Waals surface area (Å²) in [6.07, 6.45) is 0. The molecule has 7 heteroatoms. The van der Waals surface area contributed by atoms with Gasteiger partial charge in [-0.1, -0.05) is 42.5 Å². The van der Waals surface area contributed by atoms with Crippen molar-refractivity contribution in [3.05, 3.63) is 65.4 Å². The number of fused-ring (bicyclic) bond motifs is 1. The molecular formula is C22H27N5O2. The molecule has 0 saturated carbocycles. The first-order valence-electron chi connectivity index (χ1n) is 9.96. The number of aliphatic hydroxyl groups is 1. The number of nitrogens with one attached hydrogen (secondary N) is 2. The van der Waals surface area contributed by atoms with Crippen molar-refractivity contribution in [1.29, 1.82) is 0 Å². The lowest BCUT2D eigenvalue weighted by Gasteiger charge is -2.25. The van der Waals surface area contributed by atoms with Gasteiger partial charge in [-0.2, -0.15) is 5.10 Å². The molecule has 1 saturated heterocycles. The summed E-state index contributed by atoms with van der Waals surface area (Å²) < 4.78 is 0. The molecule has 152 valence electrons. The number of aromatic amines is 1. The minimum Gasteiger partial charge on any atom is -0.392 e. The highest BCUT2D eigenvalue weighted by atomic mass is 16.3. The number of carbonyl (C=O) groups excluding carboxylic acids is 1. The molecule has 0 radical (unpaired) electrons. The fourth-order valence-electron chi connectivity index (χ4n) is 3.97. The predicted octanol–water partition coefficient (Wildman–Crippen LogP) is 1.60. The molecule has 2 aromatic carbocycles. The van der Waals surface area contributed by atoms with Gasteiger partial charge >= 0.3 is 0 Å². The van der Waals surface area contributed by atoms with Crippen molar-refractivity contribution in [2.45, 2.75) is 19.2 Å². The molecule has 1 aliphatic rings. The summed E-state index contributed by atoms with van der Waals surface area (Å²) in [5.41, 5.74) is 3.37. The zero-order valence-corrected chi connectivity index (χ0v) is 16.6. The van der Waals surface area contributed by atoms with Crippen molar-refractivity contribution >= 4 is 16.8 Å². The second-order valence-corrected chi connectivity index (χ2v) is 7.71. The second-order valence-electron chi connectivity index (χ2n) is 7.71. The van der Waals surface area contributed by atoms with Crippen molar-refractivity contribution in [2.24, 2.45) is 0 Å². The first-order valence-corrected chi connectivity index (χ1v) is 9.96. The van der Waals surface area contributed by atoms with Gasteiger partial charge in [-0.05, 0) is 24.2 Å². The molecule has 4 rings (SSSR count). The maximum absolute atomic E-state index is 12.9. The van der Waals surface area contributed by atoms with Crippen molar-refractivity contribution in [3.8, 4) is 0 Å². The Balaban J connectivity index is 1.48. The van der Waals surface area contributed by atoms with Crippen LogP contribution in [0, 0.1) is 0 Å². The van der Waals surface area contributed by atoms with Crippen molar-refractivity contribution < 1.29 is 9.90 Å². The Bertz CT molecular complexity index is 986. The van der Waals surface area contributed by atoms with Gasteiger partial charge in [-0.3, -0.25) is 14.8 Å². The normalized spacial score (nSPS) is 18.6. The Kier molecular flexibility index (Phi) is 5.89. The van der Waals surface area contributed by atoms with E-state index in [1.165, 1.54) is 0 Å². The van der Waals surface area contributed by atoms with Crippen LogP contribution in [0.4, 0.5) is 0 Å². The number of nitrogens with zero attached hydrogens (tertiary/aromatic N) is 3. The maximum atomic E-state index is 12.9. The molecule has 1 amide bonds. The molecule has 0 spiro atoms. The van der Waals surface area contributed by atoms with Gasteiger partial charge in [0, 0.05) is 38.1 Å². The minimum atomic E-state index is -0.154. The number of hydrogen-bond acceptors (Lipinski definition) is 5. The molecule has 1 atom stereocenters. The number of hydrogen-bond donors (Lipinski definition) is 3. The van der Waals surface area contributed by atoms with Crippen molar-refractivity contribution in [1.82, 2.24) is 25.3 Å². The van der Waals surface area contributed by atoms with Crippen LogP contribution in [0.25, 0.3) is 10.9 Å². The quantitative estimate of drug-likeness (QED) is 0.613. The number of aromatic nitrogens is 2. The Morgan fingerprint density at radius 2 is 1.90 bits per heavy atom. The van der Waals surface area contributed by atoms with Gasteiger partial charge in [0.1, 0.15) is 0 Å². The summed E-state index contributed by atoms with van der Waals surface area (Å²) in [5, 5.41) is 20.8. The highest BCUT2D eigenvalue weighted by Gasteiger charge is 2.24. The molecule has 0 aliphatic carbocycles. The van der Waals surface area contributed by atoms with Crippen LogP contribution >= 0.6 is 0 Å². The summed E-state index contributed by atoms with van der Waals surface area (Å²) >= 11 is 0. The third-order valence-electron chi connectivity index (χ3n) is 5.51. The van der Waals surface area contributed by atoms with E-state index >= 15 is 0 Å². The number of para-hydroxylation sites is 1. The van der Waals surface area contributed by atoms with Crippen LogP contribution in [0.1, 0.15) is 21.6 Å². The third-order valence-corrected chi connectivity index (χ3v) is 5.51. The van der Waals surface area contributed by atoms with Crippen LogP contribution in [0.3, 0.4) is 0 Å². The van der Waals surface area contributed by atoms with Crippen LogP contribution in [-0.4, -0.2) is 70.3 Å². The first kappa shape index (κ1) is 19.6. The molecule has 29 heavy (non-hydrogen) atoms. The molecule has 1 fully saturated rings. The highest BCUT2D eigenvalue weighted by Crippen LogP contribution is 2.16. The van der Waals surface area contributed by atoms with E-state index < -0.39 is 0 Å². The van der Waals surface area contributed by atoms with Gasteiger partial charge in [0.2, 0.25) is 0 Å². The first-order chi connectivity index (χ1) is 14.1. The average molecular weight is 393 g/mol. The van der Waals surface area contributed by atoms with E-state index in [1.54, 1.807) is 0 Å². The van der Waals surface area contributed by atoms with Crippen LogP contribution in [0.5, 0.6) is 0 Å². The Morgan fingerprint density at radius 1 is 1.14 bits per heavy atom. The fraction of sp³-hybridized carbons (Fsp3) is 0.364. The van der Waals surface area contributed by atoms with Gasteiger partial charge in [0.25, 0.3) is 5.91 Å². The van der Waals surface area contributed by atoms with Crippen LogP contribution in [0.2, 0.25) is 0 Å². The smallest absolute Gasteiger partial charge is 0.272 e. The van der Waals surface area contributed by atoms with Gasteiger partial charge < -0.3 is 15.3 Å². The van der Waals surface area contributed by atoms with E-state index in [2.05, 4.69) is 38.4 Å². The van der Waals surface area contributed by atoms with E-state index in [0.29, 0.717) is 5.69 Å². The molecule has 0 bridgehead atoms. The summed E-state index contributed by atoms with van der Waals surface area (Å²) in [7, 11) is 2.08. The SMILES string of the molecule is CN1CCN(Cc2ccccc2CO)CC(NC(=O)c2n[nH]c3ccccc23)C1. The number of likely N-dealkylation sites (N-methyl/N-ethyl adjacent to an activating group) is 1. The zero-order chi connectivity index (χ0) is 20.2. The van der Waals surface area contributed by atoms with E-state index in [4.69, 9.17) is 0 Å². The number of aliphatic hydroxyl groups excluding tert-OH is 1. The molecule has 7 nitrogen and oxygen atoms in total. The largest absolute Gasteiger partial charge is 0.392 e. The molecule has 1 aromatic heterocycles. The number of benzene rings is 2. The van der Waals surface area contributed by atoms with E-state index in [0.717, 1.165) is 54.8 Å². The molecule has 3 aromatic rings. The average Bonchev–Trinajstić information content (AvgIpc) is 3.08. The van der Waals surface area contributed by atoms with Gasteiger partial charge in [-0.25, -0.2) is 0 Å². The summed E-state index contributed by atoms with van der Waals surface area (Å²) in [6.45, 7) is 4.16. The van der Waals surface area contributed by atoms with Crippen LogP contribution in [0.15, 0.2) is 48.5 Å². The lowest BCUT2D eigenvalue weighted by atomic mass is 10.1. The van der Waals surface area contributed by atoms with Crippen molar-refractivity contribution in [3.63, 3.8) is 0 Å². The number of H-pyrrole nitrogens is 1. The topological polar surface area (TPSA) is 84.5 Å². The fourth-order valence-corrected chi connectivity index (χ4v) is 3.97. The molecule has 3 N–H and O–H groups in total. The van der Waals surface area contributed by atoms with Crippen LogP contribution < -0.4 is 5.32 Å². The number of amides is 1.